The fourth-order valence-corrected chi connectivity index (χ4v) is 2.90. The Morgan fingerprint density at radius 2 is 1.96 bits per heavy atom. The smallest absolute Gasteiger partial charge is 0.329 e. The van der Waals surface area contributed by atoms with Gasteiger partial charge in [0.2, 0.25) is 5.91 Å². The van der Waals surface area contributed by atoms with E-state index >= 15 is 0 Å². The molecule has 1 atom stereocenters. The zero-order valence-corrected chi connectivity index (χ0v) is 14.2. The summed E-state index contributed by atoms with van der Waals surface area (Å²) in [6, 6.07) is 6.94. The van der Waals surface area contributed by atoms with Gasteiger partial charge in [-0.2, -0.15) is 0 Å². The lowest BCUT2D eigenvalue weighted by atomic mass is 9.95. The van der Waals surface area contributed by atoms with E-state index in [9.17, 15) is 19.5 Å². The summed E-state index contributed by atoms with van der Waals surface area (Å²) in [4.78, 5) is 37.2. The molecule has 0 spiro atoms. The predicted octanol–water partition coefficient (Wildman–Crippen LogP) is 2.18. The van der Waals surface area contributed by atoms with Gasteiger partial charge in [0.25, 0.3) is 5.91 Å². The fourth-order valence-electron chi connectivity index (χ4n) is 2.90. The van der Waals surface area contributed by atoms with Crippen LogP contribution in [0, 0.1) is 0 Å². The molecule has 6 nitrogen and oxygen atoms in total. The zero-order valence-electron chi connectivity index (χ0n) is 14.2. The molecule has 1 aliphatic rings. The van der Waals surface area contributed by atoms with E-state index in [1.54, 1.807) is 29.2 Å². The predicted molar refractivity (Wildman–Crippen MR) is 89.5 cm³/mol. The van der Waals surface area contributed by atoms with Crippen molar-refractivity contribution in [2.75, 3.05) is 6.54 Å². The van der Waals surface area contributed by atoms with Gasteiger partial charge in [-0.1, -0.05) is 25.5 Å². The second-order valence-corrected chi connectivity index (χ2v) is 6.46. The number of rotatable bonds is 7. The van der Waals surface area contributed by atoms with Crippen LogP contribution in [-0.2, 0) is 16.1 Å². The summed E-state index contributed by atoms with van der Waals surface area (Å²) in [6.45, 7) is 4.71. The number of nitrogens with one attached hydrogen (secondary N) is 1. The third-order valence-electron chi connectivity index (χ3n) is 4.37. The van der Waals surface area contributed by atoms with E-state index < -0.39 is 17.4 Å². The minimum atomic E-state index is -1.27. The van der Waals surface area contributed by atoms with Crippen LogP contribution in [0.5, 0.6) is 0 Å². The summed E-state index contributed by atoms with van der Waals surface area (Å²) in [7, 11) is 0. The molecule has 0 aromatic heterocycles. The summed E-state index contributed by atoms with van der Waals surface area (Å²) in [5.41, 5.74) is 0.0957. The van der Waals surface area contributed by atoms with Crippen molar-refractivity contribution < 1.29 is 19.5 Å². The van der Waals surface area contributed by atoms with Gasteiger partial charge in [0.15, 0.2) is 0 Å². The van der Waals surface area contributed by atoms with E-state index in [0.29, 0.717) is 31.4 Å². The summed E-state index contributed by atoms with van der Waals surface area (Å²) >= 11 is 0. The van der Waals surface area contributed by atoms with Gasteiger partial charge >= 0.3 is 5.97 Å². The van der Waals surface area contributed by atoms with Gasteiger partial charge in [0.1, 0.15) is 5.54 Å². The Labute approximate surface area is 141 Å². The van der Waals surface area contributed by atoms with Crippen LogP contribution in [0.1, 0.15) is 55.5 Å². The van der Waals surface area contributed by atoms with Crippen molar-refractivity contribution >= 4 is 17.8 Å². The minimum Gasteiger partial charge on any atom is -0.480 e. The molecule has 1 aromatic carbocycles. The molecule has 2 rings (SSSR count). The van der Waals surface area contributed by atoms with Gasteiger partial charge < -0.3 is 15.3 Å². The van der Waals surface area contributed by atoms with E-state index in [1.807, 2.05) is 6.92 Å². The molecular weight excluding hydrogens is 308 g/mol. The average molecular weight is 332 g/mol. The standard InChI is InChI=1S/C18H24N2O4/c1-3-10-18(2,17(23)24)19-16(22)14-8-6-13(7-9-14)12-20-11-4-5-15(20)21/h6-9H,3-5,10-12H2,1-2H3,(H,19,22)(H,23,24). The molecule has 2 N–H and O–H groups in total. The van der Waals surface area contributed by atoms with Crippen molar-refractivity contribution in [3.8, 4) is 0 Å². The quantitative estimate of drug-likeness (QED) is 0.801. The van der Waals surface area contributed by atoms with Crippen molar-refractivity contribution in [3.63, 3.8) is 0 Å². The molecule has 1 heterocycles. The van der Waals surface area contributed by atoms with Crippen molar-refractivity contribution in [3.05, 3.63) is 35.4 Å². The number of nitrogens with zero attached hydrogens (tertiary/aromatic N) is 1. The number of amides is 2. The molecule has 1 fully saturated rings. The molecule has 0 bridgehead atoms. The second kappa shape index (κ2) is 7.47. The molecule has 130 valence electrons. The highest BCUT2D eigenvalue weighted by Gasteiger charge is 2.34. The molecule has 1 aliphatic heterocycles. The number of carboxylic acid groups (broad SMARTS) is 1. The molecule has 2 amide bonds. The Bertz CT molecular complexity index is 626. The summed E-state index contributed by atoms with van der Waals surface area (Å²) < 4.78 is 0. The van der Waals surface area contributed by atoms with Gasteiger partial charge in [0, 0.05) is 25.1 Å². The van der Waals surface area contributed by atoms with Gasteiger partial charge in [-0.05, 0) is 37.5 Å². The van der Waals surface area contributed by atoms with Gasteiger partial charge in [-0.3, -0.25) is 9.59 Å². The van der Waals surface area contributed by atoms with Crippen molar-refractivity contribution in [1.82, 2.24) is 10.2 Å². The lowest BCUT2D eigenvalue weighted by molar-refractivity contribution is -0.144. The van der Waals surface area contributed by atoms with Gasteiger partial charge in [0.05, 0.1) is 0 Å². The number of carbonyl (C=O) groups is 3. The molecule has 24 heavy (non-hydrogen) atoms. The largest absolute Gasteiger partial charge is 0.480 e. The first-order chi connectivity index (χ1) is 11.4. The maximum Gasteiger partial charge on any atom is 0.329 e. The fraction of sp³-hybridized carbons (Fsp3) is 0.500. The maximum absolute atomic E-state index is 12.3. The number of aliphatic carboxylic acids is 1. The Kier molecular flexibility index (Phi) is 5.59. The van der Waals surface area contributed by atoms with Gasteiger partial charge in [-0.25, -0.2) is 4.79 Å². The van der Waals surface area contributed by atoms with E-state index in [0.717, 1.165) is 18.5 Å². The molecule has 0 saturated carbocycles. The highest BCUT2D eigenvalue weighted by Crippen LogP contribution is 2.16. The molecule has 1 aromatic rings. The number of hydrogen-bond donors (Lipinski definition) is 2. The third kappa shape index (κ3) is 4.13. The van der Waals surface area contributed by atoms with Crippen LogP contribution in [0.2, 0.25) is 0 Å². The Balaban J connectivity index is 2.02. The van der Waals surface area contributed by atoms with Gasteiger partial charge in [-0.15, -0.1) is 0 Å². The number of benzene rings is 1. The van der Waals surface area contributed by atoms with Crippen LogP contribution in [0.15, 0.2) is 24.3 Å². The lowest BCUT2D eigenvalue weighted by Crippen LogP contribution is -2.52. The van der Waals surface area contributed by atoms with Crippen molar-refractivity contribution in [2.45, 2.75) is 51.6 Å². The molecule has 0 aliphatic carbocycles. The summed E-state index contributed by atoms with van der Waals surface area (Å²) in [5, 5.41) is 11.9. The number of likely N-dealkylation sites (tertiary alicyclic amines) is 1. The van der Waals surface area contributed by atoms with Crippen LogP contribution in [-0.4, -0.2) is 39.9 Å². The van der Waals surface area contributed by atoms with E-state index in [4.69, 9.17) is 0 Å². The maximum atomic E-state index is 12.3. The Morgan fingerprint density at radius 1 is 1.29 bits per heavy atom. The summed E-state index contributed by atoms with van der Waals surface area (Å²) in [5.74, 6) is -1.28. The number of carboxylic acids is 1. The van der Waals surface area contributed by atoms with Crippen LogP contribution in [0.4, 0.5) is 0 Å². The Morgan fingerprint density at radius 3 is 2.46 bits per heavy atom. The first kappa shape index (κ1) is 18.0. The normalized spacial score (nSPS) is 16.8. The van der Waals surface area contributed by atoms with E-state index in [2.05, 4.69) is 5.32 Å². The number of hydrogen-bond acceptors (Lipinski definition) is 3. The second-order valence-electron chi connectivity index (χ2n) is 6.46. The van der Waals surface area contributed by atoms with Crippen molar-refractivity contribution in [1.29, 1.82) is 0 Å². The zero-order chi connectivity index (χ0) is 17.7. The summed E-state index contributed by atoms with van der Waals surface area (Å²) in [6.07, 6.45) is 2.52. The first-order valence-electron chi connectivity index (χ1n) is 8.28. The number of carbonyl (C=O) groups excluding carboxylic acids is 2. The molecule has 0 radical (unpaired) electrons. The first-order valence-corrected chi connectivity index (χ1v) is 8.28. The van der Waals surface area contributed by atoms with Crippen LogP contribution in [0.25, 0.3) is 0 Å². The highest BCUT2D eigenvalue weighted by molar-refractivity contribution is 5.97. The highest BCUT2D eigenvalue weighted by atomic mass is 16.4. The SMILES string of the molecule is CCCC(C)(NC(=O)c1ccc(CN2CCCC2=O)cc1)C(=O)O. The average Bonchev–Trinajstić information content (AvgIpc) is 2.93. The van der Waals surface area contributed by atoms with Crippen LogP contribution < -0.4 is 5.32 Å². The van der Waals surface area contributed by atoms with Crippen molar-refractivity contribution in [2.24, 2.45) is 0 Å². The topological polar surface area (TPSA) is 86.7 Å². The van der Waals surface area contributed by atoms with Crippen LogP contribution in [0.3, 0.4) is 0 Å². The molecular formula is C18H24N2O4. The molecule has 1 saturated heterocycles. The third-order valence-corrected chi connectivity index (χ3v) is 4.37. The molecule has 1 unspecified atom stereocenters. The Hall–Kier alpha value is -2.37. The monoisotopic (exact) mass is 332 g/mol. The minimum absolute atomic E-state index is 0.161. The van der Waals surface area contributed by atoms with E-state index in [1.165, 1.54) is 6.92 Å². The van der Waals surface area contributed by atoms with Crippen LogP contribution >= 0.6 is 0 Å². The van der Waals surface area contributed by atoms with E-state index in [-0.39, 0.29) is 5.91 Å². The lowest BCUT2D eigenvalue weighted by Gasteiger charge is -2.25. The molecule has 6 heteroatoms.